The van der Waals surface area contributed by atoms with E-state index in [1.54, 1.807) is 0 Å². The van der Waals surface area contributed by atoms with Crippen LogP contribution in [-0.2, 0) is 11.3 Å². The molecule has 0 spiro atoms. The summed E-state index contributed by atoms with van der Waals surface area (Å²) in [5, 5.41) is 13.8. The SMILES string of the molecule is Cc1ccc(-c2nc3scc(C(=O)O)c3c(=O)n2CC(=O)Nc2c(C)cc(C)cc2C)cc1. The second-order valence-electron chi connectivity index (χ2n) is 8.15. The van der Waals surface area contributed by atoms with Crippen LogP contribution >= 0.6 is 11.3 Å². The van der Waals surface area contributed by atoms with Crippen molar-refractivity contribution in [2.24, 2.45) is 0 Å². The Morgan fingerprint density at radius 3 is 2.27 bits per heavy atom. The molecular weight excluding hydrogens is 438 g/mol. The van der Waals surface area contributed by atoms with Gasteiger partial charge in [0.05, 0.1) is 10.9 Å². The van der Waals surface area contributed by atoms with Gasteiger partial charge < -0.3 is 10.4 Å². The van der Waals surface area contributed by atoms with Crippen molar-refractivity contribution in [2.75, 3.05) is 5.32 Å². The van der Waals surface area contributed by atoms with Crippen molar-refractivity contribution in [3.63, 3.8) is 0 Å². The minimum absolute atomic E-state index is 0.0128. The van der Waals surface area contributed by atoms with Gasteiger partial charge in [0.15, 0.2) is 0 Å². The van der Waals surface area contributed by atoms with Crippen LogP contribution in [0.2, 0.25) is 0 Å². The quantitative estimate of drug-likeness (QED) is 0.449. The van der Waals surface area contributed by atoms with Crippen molar-refractivity contribution < 1.29 is 14.7 Å². The van der Waals surface area contributed by atoms with Gasteiger partial charge in [0, 0.05) is 16.6 Å². The molecule has 0 aliphatic heterocycles. The largest absolute Gasteiger partial charge is 0.478 e. The van der Waals surface area contributed by atoms with Gasteiger partial charge in [-0.1, -0.05) is 47.5 Å². The summed E-state index contributed by atoms with van der Waals surface area (Å²) in [6.45, 7) is 7.47. The lowest BCUT2D eigenvalue weighted by atomic mass is 10.1. The lowest BCUT2D eigenvalue weighted by molar-refractivity contribution is -0.116. The van der Waals surface area contributed by atoms with Crippen LogP contribution in [0, 0.1) is 27.7 Å². The predicted molar refractivity (Wildman–Crippen MR) is 130 cm³/mol. The van der Waals surface area contributed by atoms with Crippen molar-refractivity contribution in [1.82, 2.24) is 9.55 Å². The number of aromatic carboxylic acids is 1. The molecule has 0 fully saturated rings. The van der Waals surface area contributed by atoms with Crippen molar-refractivity contribution in [3.8, 4) is 11.4 Å². The fourth-order valence-electron chi connectivity index (χ4n) is 3.95. The molecule has 0 saturated heterocycles. The van der Waals surface area contributed by atoms with Crippen LogP contribution < -0.4 is 10.9 Å². The molecule has 1 amide bonds. The summed E-state index contributed by atoms with van der Waals surface area (Å²) in [6.07, 6.45) is 0. The highest BCUT2D eigenvalue weighted by atomic mass is 32.1. The minimum atomic E-state index is -1.20. The maximum absolute atomic E-state index is 13.4. The number of aromatic nitrogens is 2. The molecule has 8 heteroatoms. The lowest BCUT2D eigenvalue weighted by Crippen LogP contribution is -2.30. The number of carbonyl (C=O) groups is 2. The number of anilines is 1. The van der Waals surface area contributed by atoms with Gasteiger partial charge >= 0.3 is 5.97 Å². The van der Waals surface area contributed by atoms with E-state index in [-0.39, 0.29) is 17.5 Å². The first-order chi connectivity index (χ1) is 15.7. The van der Waals surface area contributed by atoms with E-state index in [0.717, 1.165) is 33.6 Å². The molecule has 0 bridgehead atoms. The van der Waals surface area contributed by atoms with Crippen LogP contribution in [0.5, 0.6) is 0 Å². The number of carboxylic acids is 1. The number of thiophene rings is 1. The molecule has 0 unspecified atom stereocenters. The van der Waals surface area contributed by atoms with Crippen molar-refractivity contribution >= 4 is 39.1 Å². The Kier molecular flexibility index (Phi) is 5.86. The van der Waals surface area contributed by atoms with E-state index in [1.165, 1.54) is 9.95 Å². The number of hydrogen-bond acceptors (Lipinski definition) is 5. The third-order valence-corrected chi connectivity index (χ3v) is 6.35. The summed E-state index contributed by atoms with van der Waals surface area (Å²) in [7, 11) is 0. The zero-order valence-corrected chi connectivity index (χ0v) is 19.5. The highest BCUT2D eigenvalue weighted by Gasteiger charge is 2.22. The molecule has 0 aliphatic rings. The number of benzene rings is 2. The number of aryl methyl sites for hydroxylation is 4. The molecule has 0 aliphatic carbocycles. The number of fused-ring (bicyclic) bond motifs is 1. The summed E-state index contributed by atoms with van der Waals surface area (Å²) in [6, 6.07) is 11.4. The molecule has 2 aromatic heterocycles. The van der Waals surface area contributed by atoms with Gasteiger partial charge in [-0.05, 0) is 38.8 Å². The van der Waals surface area contributed by atoms with Crippen LogP contribution in [0.25, 0.3) is 21.6 Å². The average molecular weight is 462 g/mol. The summed E-state index contributed by atoms with van der Waals surface area (Å²) >= 11 is 1.10. The summed E-state index contributed by atoms with van der Waals surface area (Å²) in [4.78, 5) is 43.0. The molecule has 2 heterocycles. The Bertz CT molecular complexity index is 1440. The Hall–Kier alpha value is -3.78. The van der Waals surface area contributed by atoms with Crippen molar-refractivity contribution in [3.05, 3.63) is 79.9 Å². The highest BCUT2D eigenvalue weighted by Crippen LogP contribution is 2.26. The van der Waals surface area contributed by atoms with E-state index in [9.17, 15) is 19.5 Å². The summed E-state index contributed by atoms with van der Waals surface area (Å²) in [5.74, 6) is -1.28. The number of carboxylic acid groups (broad SMARTS) is 1. The van der Waals surface area contributed by atoms with Crippen LogP contribution in [-0.4, -0.2) is 26.5 Å². The fraction of sp³-hybridized carbons (Fsp3) is 0.200. The molecule has 2 aromatic carbocycles. The Morgan fingerprint density at radius 2 is 1.67 bits per heavy atom. The Labute approximate surface area is 194 Å². The lowest BCUT2D eigenvalue weighted by Gasteiger charge is -2.16. The second kappa shape index (κ2) is 8.63. The van der Waals surface area contributed by atoms with Gasteiger partial charge in [-0.3, -0.25) is 14.2 Å². The van der Waals surface area contributed by atoms with Crippen molar-refractivity contribution in [1.29, 1.82) is 0 Å². The first-order valence-electron chi connectivity index (χ1n) is 10.4. The minimum Gasteiger partial charge on any atom is -0.478 e. The van der Waals surface area contributed by atoms with E-state index >= 15 is 0 Å². The van der Waals surface area contributed by atoms with Gasteiger partial charge in [0.2, 0.25) is 5.91 Å². The third-order valence-electron chi connectivity index (χ3n) is 5.48. The smallest absolute Gasteiger partial charge is 0.337 e. The van der Waals surface area contributed by atoms with Gasteiger partial charge in [0.25, 0.3) is 5.56 Å². The van der Waals surface area contributed by atoms with Crippen LogP contribution in [0.4, 0.5) is 5.69 Å². The topological polar surface area (TPSA) is 101 Å². The molecule has 4 rings (SSSR count). The van der Waals surface area contributed by atoms with E-state index in [1.807, 2.05) is 64.1 Å². The van der Waals surface area contributed by atoms with Crippen LogP contribution in [0.1, 0.15) is 32.6 Å². The summed E-state index contributed by atoms with van der Waals surface area (Å²) < 4.78 is 1.25. The monoisotopic (exact) mass is 461 g/mol. The van der Waals surface area contributed by atoms with Crippen LogP contribution in [0.3, 0.4) is 0 Å². The third kappa shape index (κ3) is 4.29. The predicted octanol–water partition coefficient (Wildman–Crippen LogP) is 4.70. The van der Waals surface area contributed by atoms with Crippen molar-refractivity contribution in [2.45, 2.75) is 34.2 Å². The molecule has 2 N–H and O–H groups in total. The number of hydrogen-bond donors (Lipinski definition) is 2. The maximum atomic E-state index is 13.4. The molecule has 7 nitrogen and oxygen atoms in total. The van der Waals surface area contributed by atoms with E-state index in [2.05, 4.69) is 10.3 Å². The van der Waals surface area contributed by atoms with Gasteiger partial charge in [-0.2, -0.15) is 0 Å². The number of nitrogens with zero attached hydrogens (tertiary/aromatic N) is 2. The Morgan fingerprint density at radius 1 is 1.03 bits per heavy atom. The zero-order valence-electron chi connectivity index (χ0n) is 18.7. The zero-order chi connectivity index (χ0) is 23.9. The van der Waals surface area contributed by atoms with Gasteiger partial charge in [0.1, 0.15) is 17.2 Å². The van der Waals surface area contributed by atoms with Gasteiger partial charge in [-0.15, -0.1) is 11.3 Å². The molecule has 0 saturated carbocycles. The first-order valence-corrected chi connectivity index (χ1v) is 11.2. The number of rotatable bonds is 5. The van der Waals surface area contributed by atoms with E-state index in [0.29, 0.717) is 21.9 Å². The molecule has 33 heavy (non-hydrogen) atoms. The average Bonchev–Trinajstić information content (AvgIpc) is 3.18. The number of amides is 1. The fourth-order valence-corrected chi connectivity index (χ4v) is 4.85. The number of carbonyl (C=O) groups excluding carboxylic acids is 1. The maximum Gasteiger partial charge on any atom is 0.337 e. The molecule has 168 valence electrons. The molecule has 0 radical (unpaired) electrons. The van der Waals surface area contributed by atoms with E-state index in [4.69, 9.17) is 0 Å². The molecular formula is C25H23N3O4S. The van der Waals surface area contributed by atoms with Gasteiger partial charge in [-0.25, -0.2) is 9.78 Å². The molecule has 4 aromatic rings. The standard InChI is InChI=1S/C25H23N3O4S/c1-13-5-7-17(8-6-13)22-27-23-20(18(12-33-23)25(31)32)24(30)28(22)11-19(29)26-21-15(3)9-14(2)10-16(21)4/h5-10,12H,11H2,1-4H3,(H,26,29)(H,31,32). The van der Waals surface area contributed by atoms with E-state index < -0.39 is 17.4 Å². The number of nitrogens with one attached hydrogen (secondary N) is 1. The first kappa shape index (κ1) is 22.4. The summed E-state index contributed by atoms with van der Waals surface area (Å²) in [5.41, 5.74) is 4.68. The van der Waals surface area contributed by atoms with Crippen LogP contribution in [0.15, 0.2) is 46.6 Å². The highest BCUT2D eigenvalue weighted by molar-refractivity contribution is 7.17. The Balaban J connectivity index is 1.83. The second-order valence-corrected chi connectivity index (χ2v) is 9.01. The molecule has 0 atom stereocenters. The normalized spacial score (nSPS) is 11.0.